The molecule has 0 aliphatic carbocycles. The Hall–Kier alpha value is -5.23. The number of nitrogens with zero attached hydrogens (tertiary/aromatic N) is 1. The smallest absolute Gasteiger partial charge is 0.344 e. The van der Waals surface area contributed by atoms with Crippen LogP contribution < -0.4 is 14.9 Å². The molecule has 5 aromatic rings. The lowest BCUT2D eigenvalue weighted by Crippen LogP contribution is -2.17. The van der Waals surface area contributed by atoms with Crippen molar-refractivity contribution in [1.29, 1.82) is 0 Å². The monoisotopic (exact) mass is 514 g/mol. The van der Waals surface area contributed by atoms with Crippen LogP contribution in [-0.2, 0) is 6.61 Å². The molecule has 0 heterocycles. The lowest BCUT2D eigenvalue weighted by molar-refractivity contribution is 0.0736. The van der Waals surface area contributed by atoms with Gasteiger partial charge in [0.05, 0.1) is 11.8 Å². The normalized spacial score (nSPS) is 10.9. The largest absolute Gasteiger partial charge is 0.489 e. The summed E-state index contributed by atoms with van der Waals surface area (Å²) in [5, 5.41) is 5.85. The quantitative estimate of drug-likeness (QED) is 0.108. The van der Waals surface area contributed by atoms with Crippen LogP contribution in [-0.4, -0.2) is 18.1 Å². The van der Waals surface area contributed by atoms with Gasteiger partial charge in [0, 0.05) is 5.56 Å². The number of carbonyl (C=O) groups excluding carboxylic acids is 2. The molecule has 0 spiro atoms. The first kappa shape index (κ1) is 25.4. The fraction of sp³-hybridized carbons (Fsp3) is 0.0606. The molecule has 0 aromatic heterocycles. The lowest BCUT2D eigenvalue weighted by Gasteiger charge is -2.08. The van der Waals surface area contributed by atoms with Gasteiger partial charge in [0.15, 0.2) is 0 Å². The van der Waals surface area contributed by atoms with Crippen molar-refractivity contribution >= 4 is 28.9 Å². The number of aryl methyl sites for hydroxylation is 1. The van der Waals surface area contributed by atoms with Gasteiger partial charge in [0.25, 0.3) is 5.91 Å². The zero-order chi connectivity index (χ0) is 27.0. The van der Waals surface area contributed by atoms with Gasteiger partial charge in [-0.25, -0.2) is 10.2 Å². The van der Waals surface area contributed by atoms with Gasteiger partial charge >= 0.3 is 5.97 Å². The maximum absolute atomic E-state index is 12.7. The summed E-state index contributed by atoms with van der Waals surface area (Å²) >= 11 is 0. The maximum Gasteiger partial charge on any atom is 0.344 e. The Kier molecular flexibility index (Phi) is 7.74. The van der Waals surface area contributed by atoms with Crippen LogP contribution in [0.1, 0.15) is 37.4 Å². The summed E-state index contributed by atoms with van der Waals surface area (Å²) in [5.74, 6) is 0.333. The Bertz CT molecular complexity index is 1620. The van der Waals surface area contributed by atoms with E-state index in [1.54, 1.807) is 54.6 Å². The SMILES string of the molecule is Cc1ccc(COc2ccc(C(=O)N/N=C/c3ccc(OC(=O)c4cccc5ccccc45)cc3)cc2)cc1. The van der Waals surface area contributed by atoms with Crippen molar-refractivity contribution in [2.45, 2.75) is 13.5 Å². The highest BCUT2D eigenvalue weighted by molar-refractivity contribution is 6.05. The van der Waals surface area contributed by atoms with Crippen molar-refractivity contribution in [3.8, 4) is 11.5 Å². The van der Waals surface area contributed by atoms with E-state index in [9.17, 15) is 9.59 Å². The minimum atomic E-state index is -0.424. The number of hydrogen-bond donors (Lipinski definition) is 1. The van der Waals surface area contributed by atoms with E-state index in [1.165, 1.54) is 11.8 Å². The molecule has 6 heteroatoms. The van der Waals surface area contributed by atoms with Crippen molar-refractivity contribution in [3.63, 3.8) is 0 Å². The second kappa shape index (κ2) is 11.9. The zero-order valence-corrected chi connectivity index (χ0v) is 21.3. The number of nitrogens with one attached hydrogen (secondary N) is 1. The van der Waals surface area contributed by atoms with Gasteiger partial charge in [0.2, 0.25) is 0 Å². The van der Waals surface area contributed by atoms with Crippen LogP contribution >= 0.6 is 0 Å². The molecule has 0 fully saturated rings. The standard InChI is InChI=1S/C33H26N2O4/c1-23-9-11-25(12-10-23)22-38-28-19-15-27(16-20-28)32(36)35-34-21-24-13-17-29(18-14-24)39-33(37)31-8-4-6-26-5-2-3-7-30(26)31/h2-21H,22H2,1H3,(H,35,36)/b34-21+. The molecule has 0 saturated heterocycles. The maximum atomic E-state index is 12.7. The first-order valence-corrected chi connectivity index (χ1v) is 12.5. The van der Waals surface area contributed by atoms with Gasteiger partial charge in [-0.15, -0.1) is 0 Å². The van der Waals surface area contributed by atoms with Gasteiger partial charge < -0.3 is 9.47 Å². The van der Waals surface area contributed by atoms with E-state index < -0.39 is 5.97 Å². The molecule has 0 radical (unpaired) electrons. The molecule has 0 unspecified atom stereocenters. The summed E-state index contributed by atoms with van der Waals surface area (Å²) in [7, 11) is 0. The summed E-state index contributed by atoms with van der Waals surface area (Å²) < 4.78 is 11.3. The van der Waals surface area contributed by atoms with E-state index in [0.29, 0.717) is 29.2 Å². The number of ether oxygens (including phenoxy) is 2. The molecule has 0 atom stereocenters. The molecule has 5 rings (SSSR count). The van der Waals surface area contributed by atoms with Crippen LogP contribution in [0.4, 0.5) is 0 Å². The van der Waals surface area contributed by atoms with E-state index >= 15 is 0 Å². The van der Waals surface area contributed by atoms with Crippen LogP contribution in [0.15, 0.2) is 120 Å². The third-order valence-corrected chi connectivity index (χ3v) is 6.12. The van der Waals surface area contributed by atoms with Crippen molar-refractivity contribution < 1.29 is 19.1 Å². The Morgan fingerprint density at radius 1 is 0.769 bits per heavy atom. The molecule has 0 aliphatic rings. The fourth-order valence-electron chi connectivity index (χ4n) is 3.97. The Morgan fingerprint density at radius 2 is 1.46 bits per heavy atom. The highest BCUT2D eigenvalue weighted by atomic mass is 16.5. The highest BCUT2D eigenvalue weighted by Gasteiger charge is 2.12. The predicted octanol–water partition coefficient (Wildman–Crippen LogP) is 6.71. The zero-order valence-electron chi connectivity index (χ0n) is 21.3. The Labute approximate surface area is 226 Å². The molecule has 39 heavy (non-hydrogen) atoms. The third kappa shape index (κ3) is 6.56. The van der Waals surface area contributed by atoms with E-state index in [1.807, 2.05) is 67.6 Å². The van der Waals surface area contributed by atoms with E-state index in [2.05, 4.69) is 10.5 Å². The molecule has 1 N–H and O–H groups in total. The van der Waals surface area contributed by atoms with Crippen LogP contribution in [0.2, 0.25) is 0 Å². The summed E-state index contributed by atoms with van der Waals surface area (Å²) in [6.07, 6.45) is 1.52. The molecule has 0 aliphatic heterocycles. The average molecular weight is 515 g/mol. The summed E-state index contributed by atoms with van der Waals surface area (Å²) in [5.41, 5.74) is 6.50. The van der Waals surface area contributed by atoms with Crippen molar-refractivity contribution in [2.75, 3.05) is 0 Å². The molecule has 0 bridgehead atoms. The molecule has 192 valence electrons. The van der Waals surface area contributed by atoms with Crippen LogP contribution in [0.5, 0.6) is 11.5 Å². The molecular formula is C33H26N2O4. The minimum absolute atomic E-state index is 0.336. The number of hydrazone groups is 1. The van der Waals surface area contributed by atoms with Gasteiger partial charge in [-0.2, -0.15) is 5.10 Å². The number of esters is 1. The molecule has 5 aromatic carbocycles. The van der Waals surface area contributed by atoms with Gasteiger partial charge in [-0.05, 0) is 83.4 Å². The number of amides is 1. The summed E-state index contributed by atoms with van der Waals surface area (Å²) in [6, 6.07) is 35.1. The molecular weight excluding hydrogens is 488 g/mol. The average Bonchev–Trinajstić information content (AvgIpc) is 2.97. The number of hydrogen-bond acceptors (Lipinski definition) is 5. The topological polar surface area (TPSA) is 77.0 Å². The fourth-order valence-corrected chi connectivity index (χ4v) is 3.97. The van der Waals surface area contributed by atoms with Crippen molar-refractivity contribution in [2.24, 2.45) is 5.10 Å². The summed E-state index contributed by atoms with van der Waals surface area (Å²) in [6.45, 7) is 2.50. The number of fused-ring (bicyclic) bond motifs is 1. The number of rotatable bonds is 8. The third-order valence-electron chi connectivity index (χ3n) is 6.12. The van der Waals surface area contributed by atoms with Gasteiger partial charge in [-0.3, -0.25) is 4.79 Å². The highest BCUT2D eigenvalue weighted by Crippen LogP contribution is 2.21. The van der Waals surface area contributed by atoms with E-state index in [4.69, 9.17) is 9.47 Å². The van der Waals surface area contributed by atoms with Crippen molar-refractivity contribution in [1.82, 2.24) is 5.43 Å². The van der Waals surface area contributed by atoms with Gasteiger partial charge in [0.1, 0.15) is 18.1 Å². The summed E-state index contributed by atoms with van der Waals surface area (Å²) in [4.78, 5) is 25.2. The van der Waals surface area contributed by atoms with Crippen LogP contribution in [0.3, 0.4) is 0 Å². The molecule has 6 nitrogen and oxygen atoms in total. The second-order valence-corrected chi connectivity index (χ2v) is 8.98. The van der Waals surface area contributed by atoms with Crippen LogP contribution in [0, 0.1) is 6.92 Å². The Balaban J connectivity index is 1.12. The Morgan fingerprint density at radius 3 is 2.23 bits per heavy atom. The number of benzene rings is 5. The van der Waals surface area contributed by atoms with E-state index in [-0.39, 0.29) is 5.91 Å². The van der Waals surface area contributed by atoms with Gasteiger partial charge in [-0.1, -0.05) is 66.2 Å². The minimum Gasteiger partial charge on any atom is -0.489 e. The van der Waals surface area contributed by atoms with E-state index in [0.717, 1.165) is 21.9 Å². The second-order valence-electron chi connectivity index (χ2n) is 8.98. The molecule has 0 saturated carbocycles. The molecule has 1 amide bonds. The lowest BCUT2D eigenvalue weighted by atomic mass is 10.0. The predicted molar refractivity (Wildman–Crippen MR) is 152 cm³/mol. The van der Waals surface area contributed by atoms with Crippen molar-refractivity contribution in [3.05, 3.63) is 143 Å². The number of carbonyl (C=O) groups is 2. The first-order chi connectivity index (χ1) is 19.0. The van der Waals surface area contributed by atoms with Crippen LogP contribution in [0.25, 0.3) is 10.8 Å². The first-order valence-electron chi connectivity index (χ1n) is 12.5.